The van der Waals surface area contributed by atoms with Gasteiger partial charge in [0.1, 0.15) is 6.61 Å². The molecule has 1 heterocycles. The molecule has 110 valence electrons. The summed E-state index contributed by atoms with van der Waals surface area (Å²) >= 11 is 12.1. The van der Waals surface area contributed by atoms with Crippen molar-refractivity contribution in [1.29, 1.82) is 0 Å². The van der Waals surface area contributed by atoms with Gasteiger partial charge in [0, 0.05) is 25.2 Å². The Bertz CT molecular complexity index is 449. The molecule has 0 amide bonds. The third-order valence-corrected chi connectivity index (χ3v) is 3.66. The van der Waals surface area contributed by atoms with E-state index in [4.69, 9.17) is 32.8 Å². The van der Waals surface area contributed by atoms with E-state index in [0.717, 1.165) is 39.3 Å². The third kappa shape index (κ3) is 4.94. The second-order valence-electron chi connectivity index (χ2n) is 4.50. The maximum absolute atomic E-state index is 6.05. The van der Waals surface area contributed by atoms with Crippen molar-refractivity contribution < 1.29 is 9.57 Å². The highest BCUT2D eigenvalue weighted by Gasteiger charge is 2.09. The summed E-state index contributed by atoms with van der Waals surface area (Å²) in [5.41, 5.74) is 0.684. The predicted octanol–water partition coefficient (Wildman–Crippen LogP) is 2.98. The van der Waals surface area contributed by atoms with E-state index in [2.05, 4.69) is 10.1 Å². The Kier molecular flexibility index (Phi) is 6.60. The fourth-order valence-electron chi connectivity index (χ4n) is 1.96. The molecule has 1 aromatic carbocycles. The van der Waals surface area contributed by atoms with Gasteiger partial charge in [0.2, 0.25) is 0 Å². The van der Waals surface area contributed by atoms with Gasteiger partial charge in [-0.1, -0.05) is 46.6 Å². The first-order valence-corrected chi connectivity index (χ1v) is 7.43. The summed E-state index contributed by atoms with van der Waals surface area (Å²) in [5.74, 6) is 0. The number of halogens is 2. The molecule has 0 bridgehead atoms. The van der Waals surface area contributed by atoms with Crippen LogP contribution in [-0.4, -0.2) is 49.5 Å². The number of benzene rings is 1. The monoisotopic (exact) mass is 316 g/mol. The molecule has 4 nitrogen and oxygen atoms in total. The lowest BCUT2D eigenvalue weighted by atomic mass is 10.2. The Labute approximate surface area is 129 Å². The molecule has 0 aliphatic carbocycles. The van der Waals surface area contributed by atoms with Crippen LogP contribution < -0.4 is 0 Å². The Morgan fingerprint density at radius 3 is 2.80 bits per heavy atom. The van der Waals surface area contributed by atoms with Gasteiger partial charge in [0.25, 0.3) is 0 Å². The van der Waals surface area contributed by atoms with E-state index in [-0.39, 0.29) is 5.17 Å². The first-order valence-electron chi connectivity index (χ1n) is 6.68. The predicted molar refractivity (Wildman–Crippen MR) is 81.7 cm³/mol. The SMILES string of the molecule is Cl/C(=N\OCCCN1CCOCC1)c1ccccc1Cl. The van der Waals surface area contributed by atoms with E-state index in [1.165, 1.54) is 0 Å². The fraction of sp³-hybridized carbons (Fsp3) is 0.500. The van der Waals surface area contributed by atoms with E-state index in [1.54, 1.807) is 6.07 Å². The summed E-state index contributed by atoms with van der Waals surface area (Å²) in [6.45, 7) is 5.14. The van der Waals surface area contributed by atoms with Gasteiger partial charge >= 0.3 is 0 Å². The molecular weight excluding hydrogens is 299 g/mol. The van der Waals surface area contributed by atoms with Crippen molar-refractivity contribution in [2.75, 3.05) is 39.5 Å². The van der Waals surface area contributed by atoms with Gasteiger partial charge in [-0.15, -0.1) is 0 Å². The molecule has 0 spiro atoms. The van der Waals surface area contributed by atoms with E-state index in [9.17, 15) is 0 Å². The fourth-order valence-corrected chi connectivity index (χ4v) is 2.44. The lowest BCUT2D eigenvalue weighted by molar-refractivity contribution is 0.0323. The molecule has 0 radical (unpaired) electrons. The first kappa shape index (κ1) is 15.6. The van der Waals surface area contributed by atoms with E-state index in [0.29, 0.717) is 17.2 Å². The highest BCUT2D eigenvalue weighted by Crippen LogP contribution is 2.17. The van der Waals surface area contributed by atoms with Crippen molar-refractivity contribution in [2.45, 2.75) is 6.42 Å². The molecule has 1 aliphatic heterocycles. The van der Waals surface area contributed by atoms with Crippen LogP contribution in [0.1, 0.15) is 12.0 Å². The van der Waals surface area contributed by atoms with Gasteiger partial charge < -0.3 is 9.57 Å². The lowest BCUT2D eigenvalue weighted by Crippen LogP contribution is -2.37. The summed E-state index contributed by atoms with van der Waals surface area (Å²) in [5, 5.41) is 4.74. The molecule has 1 aromatic rings. The quantitative estimate of drug-likeness (QED) is 0.459. The molecule has 6 heteroatoms. The van der Waals surface area contributed by atoms with Gasteiger partial charge in [-0.05, 0) is 12.5 Å². The van der Waals surface area contributed by atoms with E-state index < -0.39 is 0 Å². The molecule has 0 unspecified atom stereocenters. The average Bonchev–Trinajstić information content (AvgIpc) is 2.48. The standard InChI is InChI=1S/C14H18Cl2N2O2/c15-13-5-2-1-4-12(13)14(16)17-20-9-3-6-18-7-10-19-11-8-18/h1-2,4-5H,3,6-11H2/b17-14-. The number of morpholine rings is 1. The molecule has 0 aromatic heterocycles. The summed E-state index contributed by atoms with van der Waals surface area (Å²) in [6, 6.07) is 7.29. The third-order valence-electron chi connectivity index (χ3n) is 3.05. The maximum Gasteiger partial charge on any atom is 0.177 e. The molecule has 2 rings (SSSR count). The van der Waals surface area contributed by atoms with Gasteiger partial charge in [0.05, 0.1) is 18.2 Å². The Hall–Kier alpha value is -0.810. The normalized spacial score (nSPS) is 17.2. The van der Waals surface area contributed by atoms with Crippen molar-refractivity contribution in [3.05, 3.63) is 34.9 Å². The number of rotatable bonds is 6. The van der Waals surface area contributed by atoms with Crippen molar-refractivity contribution >= 4 is 28.4 Å². The minimum atomic E-state index is 0.280. The van der Waals surface area contributed by atoms with Gasteiger partial charge in [-0.25, -0.2) is 0 Å². The second-order valence-corrected chi connectivity index (χ2v) is 5.27. The van der Waals surface area contributed by atoms with Crippen LogP contribution in [0.4, 0.5) is 0 Å². The first-order chi connectivity index (χ1) is 9.77. The molecule has 0 atom stereocenters. The molecule has 1 aliphatic rings. The van der Waals surface area contributed by atoms with Crippen LogP contribution in [-0.2, 0) is 9.57 Å². The zero-order valence-electron chi connectivity index (χ0n) is 11.2. The zero-order valence-corrected chi connectivity index (χ0v) is 12.7. The van der Waals surface area contributed by atoms with E-state index in [1.807, 2.05) is 18.2 Å². The number of ether oxygens (including phenoxy) is 1. The van der Waals surface area contributed by atoms with Gasteiger partial charge in [-0.2, -0.15) is 0 Å². The van der Waals surface area contributed by atoms with Crippen molar-refractivity contribution in [3.8, 4) is 0 Å². The summed E-state index contributed by atoms with van der Waals surface area (Å²) in [6.07, 6.45) is 0.913. The Morgan fingerprint density at radius 2 is 2.05 bits per heavy atom. The molecule has 1 fully saturated rings. The highest BCUT2D eigenvalue weighted by atomic mass is 35.5. The lowest BCUT2D eigenvalue weighted by Gasteiger charge is -2.26. The van der Waals surface area contributed by atoms with Gasteiger partial charge in [-0.3, -0.25) is 4.90 Å². The van der Waals surface area contributed by atoms with Crippen LogP contribution in [0.25, 0.3) is 0 Å². The minimum Gasteiger partial charge on any atom is -0.395 e. The van der Waals surface area contributed by atoms with Crippen LogP contribution >= 0.6 is 23.2 Å². The Morgan fingerprint density at radius 1 is 1.30 bits per heavy atom. The topological polar surface area (TPSA) is 34.1 Å². The summed E-state index contributed by atoms with van der Waals surface area (Å²) in [4.78, 5) is 7.59. The number of nitrogens with zero attached hydrogens (tertiary/aromatic N) is 2. The van der Waals surface area contributed by atoms with Crippen molar-refractivity contribution in [1.82, 2.24) is 4.90 Å². The minimum absolute atomic E-state index is 0.280. The average molecular weight is 317 g/mol. The van der Waals surface area contributed by atoms with Crippen LogP contribution in [0.2, 0.25) is 5.02 Å². The van der Waals surface area contributed by atoms with Crippen molar-refractivity contribution in [2.24, 2.45) is 5.16 Å². The van der Waals surface area contributed by atoms with Gasteiger partial charge in [0.15, 0.2) is 5.17 Å². The van der Waals surface area contributed by atoms with Crippen LogP contribution in [0.15, 0.2) is 29.4 Å². The molecule has 20 heavy (non-hydrogen) atoms. The largest absolute Gasteiger partial charge is 0.395 e. The van der Waals surface area contributed by atoms with Crippen LogP contribution in [0.3, 0.4) is 0 Å². The number of hydrogen-bond donors (Lipinski definition) is 0. The smallest absolute Gasteiger partial charge is 0.177 e. The summed E-state index contributed by atoms with van der Waals surface area (Å²) < 4.78 is 5.29. The van der Waals surface area contributed by atoms with Crippen molar-refractivity contribution in [3.63, 3.8) is 0 Å². The summed E-state index contributed by atoms with van der Waals surface area (Å²) in [7, 11) is 0. The highest BCUT2D eigenvalue weighted by molar-refractivity contribution is 6.70. The molecule has 0 saturated carbocycles. The zero-order chi connectivity index (χ0) is 14.2. The molecule has 1 saturated heterocycles. The molecular formula is C14H18Cl2N2O2. The maximum atomic E-state index is 6.05. The van der Waals surface area contributed by atoms with E-state index >= 15 is 0 Å². The number of hydrogen-bond acceptors (Lipinski definition) is 4. The molecule has 0 N–H and O–H groups in total. The van der Waals surface area contributed by atoms with Crippen LogP contribution in [0, 0.1) is 0 Å². The second kappa shape index (κ2) is 8.47. The number of oxime groups is 1. The van der Waals surface area contributed by atoms with Crippen LogP contribution in [0.5, 0.6) is 0 Å². The Balaban J connectivity index is 1.69.